The molecule has 0 bridgehead atoms. The number of amides is 1. The van der Waals surface area contributed by atoms with E-state index in [0.717, 1.165) is 5.69 Å². The van der Waals surface area contributed by atoms with Gasteiger partial charge in [0.2, 0.25) is 0 Å². The van der Waals surface area contributed by atoms with Crippen LogP contribution in [0.2, 0.25) is 0 Å². The zero-order chi connectivity index (χ0) is 16.4. The smallest absolute Gasteiger partial charge is 0.273 e. The van der Waals surface area contributed by atoms with Gasteiger partial charge in [-0.05, 0) is 24.3 Å². The van der Waals surface area contributed by atoms with E-state index < -0.39 is 0 Å². The van der Waals surface area contributed by atoms with Gasteiger partial charge in [-0.15, -0.1) is 11.3 Å². The number of carbonyl (C=O) groups is 1. The average molecular weight is 340 g/mol. The van der Waals surface area contributed by atoms with Crippen LogP contribution in [0.1, 0.15) is 16.2 Å². The van der Waals surface area contributed by atoms with E-state index in [1.807, 2.05) is 30.5 Å². The first-order chi connectivity index (χ1) is 11.8. The Labute approximate surface area is 143 Å². The summed E-state index contributed by atoms with van der Waals surface area (Å²) in [5, 5.41) is 1.78. The predicted octanol–water partition coefficient (Wildman–Crippen LogP) is 2.44. The van der Waals surface area contributed by atoms with Gasteiger partial charge in [0.25, 0.3) is 5.91 Å². The highest BCUT2D eigenvalue weighted by atomic mass is 32.1. The standard InChI is InChI=1S/C17H16N4O2S/c22-17(16-11-24-12-19-16)21-8-13-3-2-6-20(13)9-15(10-21)23-14-4-1-5-18-7-14/h1-7,11-12,15H,8-10H2/t15-/m1/s1. The summed E-state index contributed by atoms with van der Waals surface area (Å²) in [7, 11) is 0. The van der Waals surface area contributed by atoms with Crippen LogP contribution in [0.15, 0.2) is 53.7 Å². The van der Waals surface area contributed by atoms with E-state index in [1.54, 1.807) is 28.2 Å². The largest absolute Gasteiger partial charge is 0.485 e. The topological polar surface area (TPSA) is 60.2 Å². The maximum Gasteiger partial charge on any atom is 0.273 e. The Morgan fingerprint density at radius 3 is 3.04 bits per heavy atom. The first-order valence-corrected chi connectivity index (χ1v) is 8.62. The minimum atomic E-state index is -0.148. The van der Waals surface area contributed by atoms with Crippen LogP contribution in [0.3, 0.4) is 0 Å². The third-order valence-corrected chi connectivity index (χ3v) is 4.56. The van der Waals surface area contributed by atoms with Crippen molar-refractivity contribution in [2.24, 2.45) is 0 Å². The number of thiazole rings is 1. The molecule has 3 aromatic rings. The summed E-state index contributed by atoms with van der Waals surface area (Å²) >= 11 is 1.42. The minimum Gasteiger partial charge on any atom is -0.485 e. The number of nitrogens with zero attached hydrogens (tertiary/aromatic N) is 4. The molecule has 0 fully saturated rings. The zero-order valence-electron chi connectivity index (χ0n) is 12.9. The highest BCUT2D eigenvalue weighted by molar-refractivity contribution is 7.07. The van der Waals surface area contributed by atoms with E-state index in [1.165, 1.54) is 11.3 Å². The second kappa shape index (κ2) is 6.45. The molecule has 24 heavy (non-hydrogen) atoms. The fourth-order valence-corrected chi connectivity index (χ4v) is 3.40. The Morgan fingerprint density at radius 2 is 2.25 bits per heavy atom. The van der Waals surface area contributed by atoms with Gasteiger partial charge in [0, 0.05) is 23.5 Å². The Bertz CT molecular complexity index is 816. The molecule has 1 aliphatic heterocycles. The van der Waals surface area contributed by atoms with Gasteiger partial charge in [-0.1, -0.05) is 0 Å². The van der Waals surface area contributed by atoms with Crippen LogP contribution in [0, 0.1) is 0 Å². The summed E-state index contributed by atoms with van der Waals surface area (Å²) in [6, 6.07) is 7.74. The monoisotopic (exact) mass is 340 g/mol. The predicted molar refractivity (Wildman–Crippen MR) is 89.9 cm³/mol. The van der Waals surface area contributed by atoms with E-state index in [0.29, 0.717) is 31.1 Å². The van der Waals surface area contributed by atoms with E-state index >= 15 is 0 Å². The molecule has 4 heterocycles. The lowest BCUT2D eigenvalue weighted by Gasteiger charge is -2.24. The van der Waals surface area contributed by atoms with Crippen LogP contribution >= 0.6 is 11.3 Å². The van der Waals surface area contributed by atoms with Gasteiger partial charge in [0.05, 0.1) is 31.3 Å². The molecule has 122 valence electrons. The van der Waals surface area contributed by atoms with Gasteiger partial charge < -0.3 is 14.2 Å². The lowest BCUT2D eigenvalue weighted by molar-refractivity contribution is 0.0647. The molecule has 7 heteroatoms. The molecule has 0 spiro atoms. The fourth-order valence-electron chi connectivity index (χ4n) is 2.87. The van der Waals surface area contributed by atoms with Crippen LogP contribution in [0.25, 0.3) is 0 Å². The van der Waals surface area contributed by atoms with Gasteiger partial charge in [-0.2, -0.15) is 0 Å². The molecule has 0 N–H and O–H groups in total. The third-order valence-electron chi connectivity index (χ3n) is 3.98. The van der Waals surface area contributed by atoms with Crippen molar-refractivity contribution >= 4 is 17.2 Å². The van der Waals surface area contributed by atoms with Crippen molar-refractivity contribution in [2.45, 2.75) is 19.2 Å². The number of aromatic nitrogens is 3. The number of pyridine rings is 1. The highest BCUT2D eigenvalue weighted by Gasteiger charge is 2.27. The van der Waals surface area contributed by atoms with Crippen molar-refractivity contribution in [1.29, 1.82) is 0 Å². The molecule has 0 radical (unpaired) electrons. The molecule has 6 nitrogen and oxygen atoms in total. The van der Waals surface area contributed by atoms with Gasteiger partial charge in [0.1, 0.15) is 17.5 Å². The van der Waals surface area contributed by atoms with Gasteiger partial charge >= 0.3 is 0 Å². The summed E-state index contributed by atoms with van der Waals surface area (Å²) in [6.45, 7) is 1.75. The minimum absolute atomic E-state index is 0.0642. The van der Waals surface area contributed by atoms with Crippen LogP contribution in [0.5, 0.6) is 5.75 Å². The highest BCUT2D eigenvalue weighted by Crippen LogP contribution is 2.19. The van der Waals surface area contributed by atoms with Crippen molar-refractivity contribution in [3.8, 4) is 5.75 Å². The maximum atomic E-state index is 12.7. The van der Waals surface area contributed by atoms with Crippen molar-refractivity contribution in [3.63, 3.8) is 0 Å². The molecule has 1 amide bonds. The van der Waals surface area contributed by atoms with Crippen molar-refractivity contribution < 1.29 is 9.53 Å². The number of hydrogen-bond donors (Lipinski definition) is 0. The maximum absolute atomic E-state index is 12.7. The second-order valence-corrected chi connectivity index (χ2v) is 6.36. The lowest BCUT2D eigenvalue weighted by Crippen LogP contribution is -2.38. The summed E-state index contributed by atoms with van der Waals surface area (Å²) in [5.41, 5.74) is 3.26. The van der Waals surface area contributed by atoms with Gasteiger partial charge in [-0.25, -0.2) is 4.98 Å². The van der Waals surface area contributed by atoms with E-state index in [2.05, 4.69) is 14.5 Å². The molecule has 3 aromatic heterocycles. The number of hydrogen-bond acceptors (Lipinski definition) is 5. The molecule has 1 aliphatic rings. The molecule has 0 unspecified atom stereocenters. The summed E-state index contributed by atoms with van der Waals surface area (Å²) in [5.74, 6) is 0.643. The second-order valence-electron chi connectivity index (χ2n) is 5.64. The van der Waals surface area contributed by atoms with Crippen molar-refractivity contribution in [3.05, 3.63) is 65.1 Å². The SMILES string of the molecule is O=C(c1cscn1)N1Cc2cccn2C[C@@H](Oc2cccnc2)C1. The van der Waals surface area contributed by atoms with Crippen molar-refractivity contribution in [2.75, 3.05) is 6.54 Å². The van der Waals surface area contributed by atoms with Gasteiger partial charge in [-0.3, -0.25) is 9.78 Å². The quantitative estimate of drug-likeness (QED) is 0.735. The van der Waals surface area contributed by atoms with E-state index in [-0.39, 0.29) is 12.0 Å². The third kappa shape index (κ3) is 3.03. The Balaban J connectivity index is 1.60. The number of ether oxygens (including phenoxy) is 1. The van der Waals surface area contributed by atoms with Crippen LogP contribution in [0.4, 0.5) is 0 Å². The first kappa shape index (κ1) is 14.9. The molecule has 0 saturated carbocycles. The first-order valence-electron chi connectivity index (χ1n) is 7.68. The molecule has 0 saturated heterocycles. The summed E-state index contributed by atoms with van der Waals surface area (Å²) in [4.78, 5) is 22.8. The molecule has 0 aromatic carbocycles. The lowest BCUT2D eigenvalue weighted by atomic mass is 10.3. The van der Waals surface area contributed by atoms with Gasteiger partial charge in [0.15, 0.2) is 0 Å². The number of carbonyl (C=O) groups excluding carboxylic acids is 1. The van der Waals surface area contributed by atoms with Crippen LogP contribution < -0.4 is 4.74 Å². The van der Waals surface area contributed by atoms with E-state index in [4.69, 9.17) is 4.74 Å². The van der Waals surface area contributed by atoms with Crippen LogP contribution in [-0.4, -0.2) is 38.0 Å². The number of fused-ring (bicyclic) bond motifs is 1. The molecule has 0 aliphatic carbocycles. The van der Waals surface area contributed by atoms with Crippen LogP contribution in [-0.2, 0) is 13.1 Å². The zero-order valence-corrected chi connectivity index (χ0v) is 13.7. The molecule has 1 atom stereocenters. The Morgan fingerprint density at radius 1 is 1.29 bits per heavy atom. The molecule has 4 rings (SSSR count). The molecular formula is C17H16N4O2S. The average Bonchev–Trinajstić information content (AvgIpc) is 3.24. The molecular weight excluding hydrogens is 324 g/mol. The number of rotatable bonds is 3. The van der Waals surface area contributed by atoms with Crippen molar-refractivity contribution in [1.82, 2.24) is 19.4 Å². The van der Waals surface area contributed by atoms with E-state index in [9.17, 15) is 4.79 Å². The summed E-state index contributed by atoms with van der Waals surface area (Å²) in [6.07, 6.45) is 5.27. The Kier molecular flexibility index (Phi) is 4.00. The Hall–Kier alpha value is -2.67. The summed E-state index contributed by atoms with van der Waals surface area (Å²) < 4.78 is 8.20. The fraction of sp³-hybridized carbons (Fsp3) is 0.235. The normalized spacial score (nSPS) is 17.2.